The van der Waals surface area contributed by atoms with Crippen molar-refractivity contribution in [2.24, 2.45) is 5.92 Å². The van der Waals surface area contributed by atoms with Gasteiger partial charge in [-0.25, -0.2) is 0 Å². The van der Waals surface area contributed by atoms with Gasteiger partial charge in [0.2, 0.25) is 0 Å². The fourth-order valence-electron chi connectivity index (χ4n) is 3.63. The Morgan fingerprint density at radius 1 is 0.960 bits per heavy atom. The summed E-state index contributed by atoms with van der Waals surface area (Å²) in [5.74, 6) is 2.69. The molecule has 4 rings (SSSR count). The van der Waals surface area contributed by atoms with E-state index in [1.54, 1.807) is 0 Å². The number of nitrogens with zero attached hydrogens (tertiary/aromatic N) is 5. The van der Waals surface area contributed by atoms with Gasteiger partial charge >= 0.3 is 0 Å². The molecule has 0 saturated carbocycles. The summed E-state index contributed by atoms with van der Waals surface area (Å²) in [7, 11) is 0. The maximum absolute atomic E-state index is 4.70. The first-order valence-electron chi connectivity index (χ1n) is 9.18. The van der Waals surface area contributed by atoms with Gasteiger partial charge < -0.3 is 4.90 Å². The minimum atomic E-state index is 0.814. The van der Waals surface area contributed by atoms with Crippen molar-refractivity contribution in [1.29, 1.82) is 0 Å². The topological polar surface area (TPSA) is 46.3 Å². The molecule has 1 aliphatic rings. The molecule has 0 atom stereocenters. The van der Waals surface area contributed by atoms with Gasteiger partial charge in [0, 0.05) is 13.1 Å². The quantitative estimate of drug-likeness (QED) is 0.731. The summed E-state index contributed by atoms with van der Waals surface area (Å²) in [5.41, 5.74) is 3.61. The van der Waals surface area contributed by atoms with Gasteiger partial charge in [0.15, 0.2) is 11.5 Å². The molecule has 3 heterocycles. The van der Waals surface area contributed by atoms with Crippen LogP contribution in [0.4, 0.5) is 5.82 Å². The lowest BCUT2D eigenvalue weighted by Gasteiger charge is -2.32. The van der Waals surface area contributed by atoms with Gasteiger partial charge in [0.1, 0.15) is 5.82 Å². The molecule has 0 aliphatic carbocycles. The molecule has 0 spiro atoms. The van der Waals surface area contributed by atoms with Crippen molar-refractivity contribution in [2.75, 3.05) is 18.0 Å². The molecule has 0 unspecified atom stereocenters. The number of rotatable bonds is 4. The number of aryl methyl sites for hydroxylation is 3. The van der Waals surface area contributed by atoms with Gasteiger partial charge in [0.05, 0.1) is 0 Å². The second kappa shape index (κ2) is 6.82. The molecule has 1 aliphatic heterocycles. The Kier molecular flexibility index (Phi) is 4.38. The van der Waals surface area contributed by atoms with E-state index >= 15 is 0 Å². The van der Waals surface area contributed by atoms with E-state index in [0.29, 0.717) is 0 Å². The van der Waals surface area contributed by atoms with Crippen LogP contribution in [0.1, 0.15) is 36.2 Å². The van der Waals surface area contributed by atoms with E-state index in [9.17, 15) is 0 Å². The lowest BCUT2D eigenvalue weighted by Crippen LogP contribution is -2.34. The van der Waals surface area contributed by atoms with Crippen LogP contribution in [0.25, 0.3) is 5.65 Å². The Labute approximate surface area is 148 Å². The highest BCUT2D eigenvalue weighted by molar-refractivity contribution is 5.45. The normalized spacial score (nSPS) is 15.8. The van der Waals surface area contributed by atoms with Crippen LogP contribution in [-0.2, 0) is 6.42 Å². The van der Waals surface area contributed by atoms with Crippen LogP contribution in [0, 0.1) is 19.8 Å². The van der Waals surface area contributed by atoms with Crippen LogP contribution in [0.3, 0.4) is 0 Å². The number of fused-ring (bicyclic) bond motifs is 1. The average Bonchev–Trinajstić information content (AvgIpc) is 3.02. The van der Waals surface area contributed by atoms with Crippen molar-refractivity contribution in [3.63, 3.8) is 0 Å². The Morgan fingerprint density at radius 3 is 2.48 bits per heavy atom. The fourth-order valence-corrected chi connectivity index (χ4v) is 3.63. The molecule has 5 nitrogen and oxygen atoms in total. The van der Waals surface area contributed by atoms with Crippen molar-refractivity contribution in [3.05, 3.63) is 53.3 Å². The number of piperidine rings is 1. The summed E-state index contributed by atoms with van der Waals surface area (Å²) >= 11 is 0. The number of hydrogen-bond acceptors (Lipinski definition) is 4. The van der Waals surface area contributed by atoms with Crippen molar-refractivity contribution < 1.29 is 0 Å². The zero-order valence-corrected chi connectivity index (χ0v) is 15.0. The standard InChI is InChI=1S/C20H25N5/c1-15-3-5-17(6-4-15)7-8-18-11-13-24(14-12-18)20-10-9-19-22-21-16(2)25(19)23-20/h3-6,9-10,18H,7-8,11-14H2,1-2H3. The molecular formula is C20H25N5. The predicted octanol–water partition coefficient (Wildman–Crippen LogP) is 3.59. The lowest BCUT2D eigenvalue weighted by molar-refractivity contribution is 0.380. The van der Waals surface area contributed by atoms with Crippen LogP contribution < -0.4 is 4.90 Å². The number of benzene rings is 1. The lowest BCUT2D eigenvalue weighted by atomic mass is 9.90. The monoisotopic (exact) mass is 335 g/mol. The van der Waals surface area contributed by atoms with Crippen molar-refractivity contribution in [1.82, 2.24) is 19.8 Å². The molecule has 3 aromatic rings. The molecule has 5 heteroatoms. The van der Waals surface area contributed by atoms with Crippen molar-refractivity contribution >= 4 is 11.5 Å². The molecule has 0 bridgehead atoms. The Hall–Kier alpha value is -2.43. The highest BCUT2D eigenvalue weighted by Gasteiger charge is 2.20. The summed E-state index contributed by atoms with van der Waals surface area (Å²) in [6.07, 6.45) is 4.96. The minimum absolute atomic E-state index is 0.814. The maximum Gasteiger partial charge on any atom is 0.178 e. The van der Waals surface area contributed by atoms with E-state index in [0.717, 1.165) is 36.3 Å². The van der Waals surface area contributed by atoms with Crippen LogP contribution in [0.15, 0.2) is 36.4 Å². The first kappa shape index (κ1) is 16.1. The van der Waals surface area contributed by atoms with Gasteiger partial charge in [0.25, 0.3) is 0 Å². The second-order valence-corrected chi connectivity index (χ2v) is 7.16. The fraction of sp³-hybridized carbons (Fsp3) is 0.450. The van der Waals surface area contributed by atoms with E-state index in [-0.39, 0.29) is 0 Å². The largest absolute Gasteiger partial charge is 0.355 e. The van der Waals surface area contributed by atoms with Crippen LogP contribution in [0.5, 0.6) is 0 Å². The highest BCUT2D eigenvalue weighted by Crippen LogP contribution is 2.25. The number of aromatic nitrogens is 4. The van der Waals surface area contributed by atoms with Crippen molar-refractivity contribution in [3.8, 4) is 0 Å². The Balaban J connectivity index is 1.34. The van der Waals surface area contributed by atoms with E-state index in [4.69, 9.17) is 5.10 Å². The third kappa shape index (κ3) is 3.50. The van der Waals surface area contributed by atoms with Gasteiger partial charge in [-0.05, 0) is 63.1 Å². The summed E-state index contributed by atoms with van der Waals surface area (Å²) in [5, 5.41) is 12.9. The minimum Gasteiger partial charge on any atom is -0.355 e. The predicted molar refractivity (Wildman–Crippen MR) is 100.0 cm³/mol. The van der Waals surface area contributed by atoms with Crippen molar-refractivity contribution in [2.45, 2.75) is 39.5 Å². The number of anilines is 1. The molecule has 0 radical (unpaired) electrons. The zero-order valence-electron chi connectivity index (χ0n) is 15.0. The zero-order chi connectivity index (χ0) is 17.2. The first-order valence-corrected chi connectivity index (χ1v) is 9.18. The molecule has 1 fully saturated rings. The third-order valence-electron chi connectivity index (χ3n) is 5.31. The summed E-state index contributed by atoms with van der Waals surface area (Å²) < 4.78 is 1.83. The van der Waals surface area contributed by atoms with E-state index in [1.165, 1.54) is 36.8 Å². The van der Waals surface area contributed by atoms with Gasteiger partial charge in [-0.3, -0.25) is 0 Å². The molecule has 0 amide bonds. The van der Waals surface area contributed by atoms with E-state index < -0.39 is 0 Å². The first-order chi connectivity index (χ1) is 12.2. The third-order valence-corrected chi connectivity index (χ3v) is 5.31. The summed E-state index contributed by atoms with van der Waals surface area (Å²) in [6.45, 7) is 6.25. The van der Waals surface area contributed by atoms with Crippen LogP contribution in [0.2, 0.25) is 0 Å². The second-order valence-electron chi connectivity index (χ2n) is 7.16. The molecule has 2 aromatic heterocycles. The Morgan fingerprint density at radius 2 is 1.72 bits per heavy atom. The number of hydrogen-bond donors (Lipinski definition) is 0. The molecular weight excluding hydrogens is 310 g/mol. The van der Waals surface area contributed by atoms with E-state index in [1.807, 2.05) is 17.5 Å². The van der Waals surface area contributed by atoms with Crippen LogP contribution >= 0.6 is 0 Å². The molecule has 25 heavy (non-hydrogen) atoms. The van der Waals surface area contributed by atoms with Crippen LogP contribution in [-0.4, -0.2) is 32.9 Å². The Bertz CT molecular complexity index is 844. The van der Waals surface area contributed by atoms with Gasteiger partial charge in [-0.15, -0.1) is 15.3 Å². The average molecular weight is 335 g/mol. The molecule has 0 N–H and O–H groups in total. The molecule has 1 saturated heterocycles. The van der Waals surface area contributed by atoms with Gasteiger partial charge in [-0.1, -0.05) is 29.8 Å². The summed E-state index contributed by atoms with van der Waals surface area (Å²) in [4.78, 5) is 2.39. The van der Waals surface area contributed by atoms with Gasteiger partial charge in [-0.2, -0.15) is 4.52 Å². The summed E-state index contributed by atoms with van der Waals surface area (Å²) in [6, 6.07) is 13.0. The highest BCUT2D eigenvalue weighted by atomic mass is 15.4. The smallest absolute Gasteiger partial charge is 0.178 e. The molecule has 1 aromatic carbocycles. The SMILES string of the molecule is Cc1ccc(CCC2CCN(c3ccc4nnc(C)n4n3)CC2)cc1. The maximum atomic E-state index is 4.70. The molecule has 130 valence electrons. The van der Waals surface area contributed by atoms with E-state index in [2.05, 4.69) is 52.4 Å².